The summed E-state index contributed by atoms with van der Waals surface area (Å²) in [4.78, 5) is 28.4. The van der Waals surface area contributed by atoms with E-state index in [1.165, 1.54) is 30.3 Å². The van der Waals surface area contributed by atoms with Gasteiger partial charge in [-0.1, -0.05) is 42.5 Å². The van der Waals surface area contributed by atoms with Gasteiger partial charge in [0.15, 0.2) is 5.78 Å². The van der Waals surface area contributed by atoms with Crippen LogP contribution in [0.1, 0.15) is 21.5 Å². The summed E-state index contributed by atoms with van der Waals surface area (Å²) in [5, 5.41) is 4.42. The Kier molecular flexibility index (Phi) is 7.84. The number of halogens is 2. The highest BCUT2D eigenvalue weighted by atomic mass is 19.1. The van der Waals surface area contributed by atoms with E-state index >= 15 is 0 Å². The van der Waals surface area contributed by atoms with Gasteiger partial charge in [-0.15, -0.1) is 0 Å². The fraction of sp³-hybridized carbons (Fsp3) is 0.259. The fourth-order valence-corrected chi connectivity index (χ4v) is 4.25. The van der Waals surface area contributed by atoms with Crippen molar-refractivity contribution in [1.82, 2.24) is 10.3 Å². The van der Waals surface area contributed by atoms with E-state index in [9.17, 15) is 18.4 Å². The van der Waals surface area contributed by atoms with Gasteiger partial charge >= 0.3 is 0 Å². The van der Waals surface area contributed by atoms with E-state index in [-0.39, 0.29) is 24.2 Å². The summed E-state index contributed by atoms with van der Waals surface area (Å²) in [6.07, 6.45) is 0.154. The Balaban J connectivity index is 1.58. The summed E-state index contributed by atoms with van der Waals surface area (Å²) in [5.74, 6) is 3.80. The number of rotatable bonds is 8. The van der Waals surface area contributed by atoms with Crippen LogP contribution < -0.4 is 16.1 Å². The minimum Gasteiger partial charge on any atom is -0.369 e. The molecule has 182 valence electrons. The van der Waals surface area contributed by atoms with Crippen molar-refractivity contribution in [2.24, 2.45) is 5.84 Å². The van der Waals surface area contributed by atoms with E-state index in [1.54, 1.807) is 17.1 Å². The van der Waals surface area contributed by atoms with Crippen LogP contribution in [0.2, 0.25) is 0 Å². The second kappa shape index (κ2) is 11.2. The van der Waals surface area contributed by atoms with Crippen molar-refractivity contribution >= 4 is 17.4 Å². The molecule has 1 saturated heterocycles. The van der Waals surface area contributed by atoms with Gasteiger partial charge in [0.1, 0.15) is 11.6 Å². The van der Waals surface area contributed by atoms with Crippen LogP contribution in [0.15, 0.2) is 72.8 Å². The van der Waals surface area contributed by atoms with Crippen LogP contribution in [0.4, 0.5) is 14.5 Å². The molecule has 1 heterocycles. The lowest BCUT2D eigenvalue weighted by molar-refractivity contribution is -0.120. The topological polar surface area (TPSA) is 78.7 Å². The Bertz CT molecular complexity index is 1180. The molecule has 0 bridgehead atoms. The molecule has 1 aliphatic rings. The number of carbonyl (C=O) groups is 2. The van der Waals surface area contributed by atoms with Gasteiger partial charge in [-0.25, -0.2) is 13.8 Å². The van der Waals surface area contributed by atoms with Gasteiger partial charge in [0.25, 0.3) is 5.91 Å². The van der Waals surface area contributed by atoms with Crippen molar-refractivity contribution < 1.29 is 18.4 Å². The molecule has 1 fully saturated rings. The first-order valence-corrected chi connectivity index (χ1v) is 11.6. The molecule has 0 aliphatic carbocycles. The summed E-state index contributed by atoms with van der Waals surface area (Å²) in [7, 11) is 0. The Morgan fingerprint density at radius 1 is 0.914 bits per heavy atom. The van der Waals surface area contributed by atoms with Gasteiger partial charge in [0.2, 0.25) is 0 Å². The molecule has 6 nitrogen and oxygen atoms in total. The largest absolute Gasteiger partial charge is 0.369 e. The molecule has 0 aromatic heterocycles. The van der Waals surface area contributed by atoms with Gasteiger partial charge in [-0.2, -0.15) is 0 Å². The van der Waals surface area contributed by atoms with E-state index in [2.05, 4.69) is 10.2 Å². The van der Waals surface area contributed by atoms with Gasteiger partial charge in [0.05, 0.1) is 11.6 Å². The molecule has 1 atom stereocenters. The number of piperazine rings is 1. The van der Waals surface area contributed by atoms with Crippen LogP contribution in [0.25, 0.3) is 0 Å². The number of hydrazine groups is 1. The molecule has 0 saturated carbocycles. The fourth-order valence-electron chi connectivity index (χ4n) is 4.25. The quantitative estimate of drug-likeness (QED) is 0.487. The molecule has 35 heavy (non-hydrogen) atoms. The number of nitrogens with two attached hydrogens (primary N) is 1. The van der Waals surface area contributed by atoms with Crippen LogP contribution in [0.3, 0.4) is 0 Å². The van der Waals surface area contributed by atoms with Crippen molar-refractivity contribution in [1.29, 1.82) is 0 Å². The molecule has 1 amide bonds. The summed E-state index contributed by atoms with van der Waals surface area (Å²) in [6, 6.07) is 18.4. The molecule has 4 rings (SSSR count). The third kappa shape index (κ3) is 6.29. The highest BCUT2D eigenvalue weighted by Crippen LogP contribution is 2.24. The van der Waals surface area contributed by atoms with Crippen LogP contribution in [-0.4, -0.2) is 48.9 Å². The SMILES string of the molecule is NN1CCN(c2ccc(F)cc2CC(=O)C(Cc2ccccc2)NC(=O)c2ccccc2F)CC1. The van der Waals surface area contributed by atoms with Gasteiger partial charge in [-0.3, -0.25) is 15.4 Å². The second-order valence-corrected chi connectivity index (χ2v) is 8.63. The number of benzene rings is 3. The average Bonchev–Trinajstić information content (AvgIpc) is 2.85. The molecule has 1 aliphatic heterocycles. The van der Waals surface area contributed by atoms with Gasteiger partial charge in [0, 0.05) is 38.3 Å². The first-order chi connectivity index (χ1) is 16.9. The zero-order valence-electron chi connectivity index (χ0n) is 19.3. The maximum Gasteiger partial charge on any atom is 0.254 e. The minimum atomic E-state index is -0.915. The van der Waals surface area contributed by atoms with Crippen molar-refractivity contribution in [3.63, 3.8) is 0 Å². The third-order valence-corrected chi connectivity index (χ3v) is 6.16. The van der Waals surface area contributed by atoms with Crippen molar-refractivity contribution in [3.8, 4) is 0 Å². The van der Waals surface area contributed by atoms with Crippen molar-refractivity contribution in [2.45, 2.75) is 18.9 Å². The number of nitrogens with zero attached hydrogens (tertiary/aromatic N) is 2. The number of amides is 1. The number of anilines is 1. The van der Waals surface area contributed by atoms with Gasteiger partial charge in [-0.05, 0) is 47.9 Å². The van der Waals surface area contributed by atoms with Crippen molar-refractivity contribution in [3.05, 3.63) is 101 Å². The maximum absolute atomic E-state index is 14.2. The van der Waals surface area contributed by atoms with Crippen LogP contribution in [-0.2, 0) is 17.6 Å². The Labute approximate surface area is 203 Å². The number of nitrogens with one attached hydrogen (secondary N) is 1. The molecule has 0 radical (unpaired) electrons. The minimum absolute atomic E-state index is 0.0784. The number of hydrogen-bond acceptors (Lipinski definition) is 5. The zero-order chi connectivity index (χ0) is 24.8. The number of ketones is 1. The Morgan fingerprint density at radius 3 is 2.31 bits per heavy atom. The van der Waals surface area contributed by atoms with Crippen LogP contribution in [0.5, 0.6) is 0 Å². The number of hydrogen-bond donors (Lipinski definition) is 2. The maximum atomic E-state index is 14.2. The highest BCUT2D eigenvalue weighted by molar-refractivity contribution is 5.98. The molecule has 3 N–H and O–H groups in total. The summed E-state index contributed by atoms with van der Waals surface area (Å²) >= 11 is 0. The number of Topliss-reactive ketones (excluding diaryl/α,β-unsaturated/α-hetero) is 1. The summed E-state index contributed by atoms with van der Waals surface area (Å²) in [5.41, 5.74) is 2.02. The molecule has 3 aromatic carbocycles. The molecular weight excluding hydrogens is 450 g/mol. The molecular formula is C27H28F2N4O2. The monoisotopic (exact) mass is 478 g/mol. The predicted molar refractivity (Wildman–Crippen MR) is 131 cm³/mol. The molecule has 1 unspecified atom stereocenters. The second-order valence-electron chi connectivity index (χ2n) is 8.63. The van der Waals surface area contributed by atoms with E-state index in [1.807, 2.05) is 30.3 Å². The standard InChI is InChI=1S/C27H28F2N4O2/c28-21-10-11-25(32-12-14-33(30)15-13-32)20(17-21)18-26(34)24(16-19-6-2-1-3-7-19)31-27(35)22-8-4-5-9-23(22)29/h1-11,17,24H,12-16,18,30H2,(H,31,35). The summed E-state index contributed by atoms with van der Waals surface area (Å²) < 4.78 is 28.4. The first-order valence-electron chi connectivity index (χ1n) is 11.6. The van der Waals surface area contributed by atoms with E-state index < -0.39 is 23.6 Å². The lowest BCUT2D eigenvalue weighted by Crippen LogP contribution is -2.49. The number of carbonyl (C=O) groups excluding carboxylic acids is 2. The van der Waals surface area contributed by atoms with E-state index in [0.29, 0.717) is 31.7 Å². The first kappa shape index (κ1) is 24.5. The van der Waals surface area contributed by atoms with Crippen molar-refractivity contribution in [2.75, 3.05) is 31.1 Å². The molecule has 0 spiro atoms. The molecule has 8 heteroatoms. The Hall–Kier alpha value is -3.62. The lowest BCUT2D eigenvalue weighted by atomic mass is 9.96. The van der Waals surface area contributed by atoms with Crippen LogP contribution >= 0.6 is 0 Å². The third-order valence-electron chi connectivity index (χ3n) is 6.16. The normalized spacial score (nSPS) is 15.0. The van der Waals surface area contributed by atoms with Crippen LogP contribution in [0, 0.1) is 11.6 Å². The molecule has 3 aromatic rings. The summed E-state index contributed by atoms with van der Waals surface area (Å²) in [6.45, 7) is 2.61. The zero-order valence-corrected chi connectivity index (χ0v) is 19.3. The van der Waals surface area contributed by atoms with Gasteiger partial charge < -0.3 is 10.2 Å². The highest BCUT2D eigenvalue weighted by Gasteiger charge is 2.26. The van der Waals surface area contributed by atoms with E-state index in [0.717, 1.165) is 11.3 Å². The predicted octanol–water partition coefficient (Wildman–Crippen LogP) is 3.11. The Morgan fingerprint density at radius 2 is 1.60 bits per heavy atom. The lowest BCUT2D eigenvalue weighted by Gasteiger charge is -2.35. The smallest absolute Gasteiger partial charge is 0.254 e. The average molecular weight is 479 g/mol. The van der Waals surface area contributed by atoms with E-state index in [4.69, 9.17) is 5.84 Å².